The van der Waals surface area contributed by atoms with Crippen LogP contribution in [0.3, 0.4) is 0 Å². The molecule has 0 aliphatic carbocycles. The minimum atomic E-state index is -0.675. The summed E-state index contributed by atoms with van der Waals surface area (Å²) in [6.07, 6.45) is 0. The number of rotatable bonds is 3. The van der Waals surface area contributed by atoms with Gasteiger partial charge in [0.2, 0.25) is 0 Å². The van der Waals surface area contributed by atoms with Gasteiger partial charge in [0, 0.05) is 17.7 Å². The van der Waals surface area contributed by atoms with Gasteiger partial charge in [0.1, 0.15) is 5.75 Å². The summed E-state index contributed by atoms with van der Waals surface area (Å²) in [5.74, 6) is -1.47. The molecule has 2 aromatic carbocycles. The molecule has 0 radical (unpaired) electrons. The van der Waals surface area contributed by atoms with Crippen LogP contribution in [0, 0.1) is 24.0 Å². The van der Waals surface area contributed by atoms with E-state index in [0.29, 0.717) is 5.56 Å². The van der Waals surface area contributed by atoms with Crippen molar-refractivity contribution < 1.29 is 19.6 Å². The number of nitro benzene ring substituents is 1. The Morgan fingerprint density at radius 1 is 1.00 bits per heavy atom. The zero-order valence-electron chi connectivity index (χ0n) is 13.0. The SMILES string of the molecule is Cc1ccc(C(=O)NNC(=O)c2ccc([N+](=O)[O-])cc2)c(O)c1C. The van der Waals surface area contributed by atoms with Crippen molar-refractivity contribution in [3.05, 3.63) is 68.8 Å². The minimum absolute atomic E-state index is 0.0297. The molecule has 0 unspecified atom stereocenters. The third-order valence-corrected chi connectivity index (χ3v) is 3.58. The number of nitro groups is 1. The van der Waals surface area contributed by atoms with Gasteiger partial charge >= 0.3 is 0 Å². The summed E-state index contributed by atoms with van der Waals surface area (Å²) in [5, 5.41) is 20.5. The molecule has 0 fully saturated rings. The zero-order valence-corrected chi connectivity index (χ0v) is 13.0. The van der Waals surface area contributed by atoms with Crippen LogP contribution in [0.5, 0.6) is 5.75 Å². The first-order chi connectivity index (χ1) is 11.3. The average molecular weight is 329 g/mol. The van der Waals surface area contributed by atoms with Gasteiger partial charge in [-0.25, -0.2) is 0 Å². The van der Waals surface area contributed by atoms with Crippen LogP contribution in [0.2, 0.25) is 0 Å². The Bertz CT molecular complexity index is 815. The molecular formula is C16H15N3O5. The molecule has 2 aromatic rings. The standard InChI is InChI=1S/C16H15N3O5/c1-9-3-8-13(14(20)10(9)2)16(22)18-17-15(21)11-4-6-12(7-5-11)19(23)24/h3-8,20H,1-2H3,(H,17,21)(H,18,22). The maximum atomic E-state index is 12.0. The van der Waals surface area contributed by atoms with Crippen molar-refractivity contribution in [1.82, 2.24) is 10.9 Å². The lowest BCUT2D eigenvalue weighted by atomic mass is 10.0. The Balaban J connectivity index is 2.05. The number of benzene rings is 2. The first-order valence-corrected chi connectivity index (χ1v) is 6.95. The lowest BCUT2D eigenvalue weighted by molar-refractivity contribution is -0.384. The highest BCUT2D eigenvalue weighted by Gasteiger charge is 2.15. The molecule has 0 aliphatic heterocycles. The summed E-state index contributed by atoms with van der Waals surface area (Å²) < 4.78 is 0. The molecule has 0 heterocycles. The van der Waals surface area contributed by atoms with Crippen LogP contribution in [-0.2, 0) is 0 Å². The Hall–Kier alpha value is -3.42. The maximum Gasteiger partial charge on any atom is 0.273 e. The summed E-state index contributed by atoms with van der Waals surface area (Å²) in [5.41, 5.74) is 5.81. The summed E-state index contributed by atoms with van der Waals surface area (Å²) in [7, 11) is 0. The van der Waals surface area contributed by atoms with Crippen LogP contribution in [0.15, 0.2) is 36.4 Å². The molecule has 0 saturated heterocycles. The average Bonchev–Trinajstić information content (AvgIpc) is 2.57. The Morgan fingerprint density at radius 3 is 2.17 bits per heavy atom. The second-order valence-corrected chi connectivity index (χ2v) is 5.12. The number of phenolic OH excluding ortho intramolecular Hbond substituents is 1. The Kier molecular flexibility index (Phi) is 4.78. The van der Waals surface area contributed by atoms with E-state index in [9.17, 15) is 24.8 Å². The summed E-state index contributed by atoms with van der Waals surface area (Å²) >= 11 is 0. The summed E-state index contributed by atoms with van der Waals surface area (Å²) in [4.78, 5) is 33.9. The number of aromatic hydroxyl groups is 1. The number of aryl methyl sites for hydroxylation is 1. The highest BCUT2D eigenvalue weighted by Crippen LogP contribution is 2.24. The predicted octanol–water partition coefficient (Wildman–Crippen LogP) is 1.99. The van der Waals surface area contributed by atoms with Gasteiger partial charge in [0.25, 0.3) is 17.5 Å². The molecule has 124 valence electrons. The normalized spacial score (nSPS) is 10.1. The molecule has 0 bridgehead atoms. The number of hydrogen-bond donors (Lipinski definition) is 3. The minimum Gasteiger partial charge on any atom is -0.507 e. The number of carbonyl (C=O) groups excluding carboxylic acids is 2. The van der Waals surface area contributed by atoms with Gasteiger partial charge in [0.15, 0.2) is 0 Å². The fourth-order valence-electron chi connectivity index (χ4n) is 1.97. The van der Waals surface area contributed by atoms with Crippen molar-refractivity contribution >= 4 is 17.5 Å². The highest BCUT2D eigenvalue weighted by molar-refractivity contribution is 6.00. The first-order valence-electron chi connectivity index (χ1n) is 6.95. The zero-order chi connectivity index (χ0) is 17.9. The molecule has 0 aromatic heterocycles. The Labute approximate surface area is 137 Å². The van der Waals surface area contributed by atoms with Gasteiger partial charge in [-0.05, 0) is 43.2 Å². The van der Waals surface area contributed by atoms with Crippen LogP contribution in [0.4, 0.5) is 5.69 Å². The molecule has 3 N–H and O–H groups in total. The van der Waals surface area contributed by atoms with E-state index in [2.05, 4.69) is 10.9 Å². The van der Waals surface area contributed by atoms with Crippen molar-refractivity contribution in [2.45, 2.75) is 13.8 Å². The number of nitrogens with zero attached hydrogens (tertiary/aromatic N) is 1. The van der Waals surface area contributed by atoms with Crippen LogP contribution >= 0.6 is 0 Å². The lowest BCUT2D eigenvalue weighted by Crippen LogP contribution is -2.41. The molecule has 0 saturated carbocycles. The van der Waals surface area contributed by atoms with Gasteiger partial charge < -0.3 is 5.11 Å². The second kappa shape index (κ2) is 6.78. The van der Waals surface area contributed by atoms with Crippen molar-refractivity contribution in [2.24, 2.45) is 0 Å². The number of hydrogen-bond acceptors (Lipinski definition) is 5. The lowest BCUT2D eigenvalue weighted by Gasteiger charge is -2.11. The summed E-state index contributed by atoms with van der Waals surface area (Å²) in [6, 6.07) is 8.05. The van der Waals surface area contributed by atoms with Gasteiger partial charge in [-0.15, -0.1) is 0 Å². The van der Waals surface area contributed by atoms with E-state index < -0.39 is 16.7 Å². The van der Waals surface area contributed by atoms with Gasteiger partial charge in [-0.3, -0.25) is 30.6 Å². The van der Waals surface area contributed by atoms with E-state index >= 15 is 0 Å². The monoisotopic (exact) mass is 329 g/mol. The fourth-order valence-corrected chi connectivity index (χ4v) is 1.97. The van der Waals surface area contributed by atoms with Gasteiger partial charge in [-0.1, -0.05) is 6.07 Å². The molecule has 24 heavy (non-hydrogen) atoms. The van der Waals surface area contributed by atoms with Crippen molar-refractivity contribution in [1.29, 1.82) is 0 Å². The highest BCUT2D eigenvalue weighted by atomic mass is 16.6. The number of amides is 2. The summed E-state index contributed by atoms with van der Waals surface area (Å²) in [6.45, 7) is 3.48. The van der Waals surface area contributed by atoms with Crippen LogP contribution in [0.1, 0.15) is 31.8 Å². The molecule has 0 atom stereocenters. The molecular weight excluding hydrogens is 314 g/mol. The van der Waals surface area contributed by atoms with Gasteiger partial charge in [0.05, 0.1) is 10.5 Å². The van der Waals surface area contributed by atoms with Crippen LogP contribution in [-0.4, -0.2) is 21.8 Å². The van der Waals surface area contributed by atoms with Crippen LogP contribution < -0.4 is 10.9 Å². The molecule has 2 amide bonds. The largest absolute Gasteiger partial charge is 0.507 e. The molecule has 8 heteroatoms. The Morgan fingerprint density at radius 2 is 1.58 bits per heavy atom. The number of carbonyl (C=O) groups is 2. The first kappa shape index (κ1) is 16.9. The third kappa shape index (κ3) is 3.49. The molecule has 2 rings (SSSR count). The van der Waals surface area contributed by atoms with E-state index in [1.165, 1.54) is 30.3 Å². The maximum absolute atomic E-state index is 12.0. The topological polar surface area (TPSA) is 122 Å². The predicted molar refractivity (Wildman–Crippen MR) is 85.6 cm³/mol. The molecule has 8 nitrogen and oxygen atoms in total. The smallest absolute Gasteiger partial charge is 0.273 e. The number of hydrazine groups is 1. The van der Waals surface area contributed by atoms with E-state index in [1.807, 2.05) is 0 Å². The van der Waals surface area contributed by atoms with E-state index in [1.54, 1.807) is 19.9 Å². The van der Waals surface area contributed by atoms with Crippen molar-refractivity contribution in [2.75, 3.05) is 0 Å². The van der Waals surface area contributed by atoms with E-state index in [0.717, 1.165) is 5.56 Å². The number of phenols is 1. The second-order valence-electron chi connectivity index (χ2n) is 5.12. The van der Waals surface area contributed by atoms with E-state index in [4.69, 9.17) is 0 Å². The molecule has 0 aliphatic rings. The van der Waals surface area contributed by atoms with Gasteiger partial charge in [-0.2, -0.15) is 0 Å². The number of nitrogens with one attached hydrogen (secondary N) is 2. The van der Waals surface area contributed by atoms with Crippen molar-refractivity contribution in [3.63, 3.8) is 0 Å². The number of non-ortho nitro benzene ring substituents is 1. The van der Waals surface area contributed by atoms with Crippen LogP contribution in [0.25, 0.3) is 0 Å². The fraction of sp³-hybridized carbons (Fsp3) is 0.125. The third-order valence-electron chi connectivity index (χ3n) is 3.58. The quantitative estimate of drug-likeness (QED) is 0.587. The van der Waals surface area contributed by atoms with Crippen molar-refractivity contribution in [3.8, 4) is 5.75 Å². The molecule has 0 spiro atoms. The van der Waals surface area contributed by atoms with E-state index in [-0.39, 0.29) is 22.6 Å².